The van der Waals surface area contributed by atoms with Crippen molar-refractivity contribution in [3.63, 3.8) is 0 Å². The molecule has 1 aliphatic carbocycles. The van der Waals surface area contributed by atoms with Gasteiger partial charge in [0.2, 0.25) is 5.91 Å². The van der Waals surface area contributed by atoms with Crippen LogP contribution in [-0.2, 0) is 14.3 Å². The molecule has 0 radical (unpaired) electrons. The molecule has 160 valence electrons. The van der Waals surface area contributed by atoms with Gasteiger partial charge in [0.1, 0.15) is 16.4 Å². The van der Waals surface area contributed by atoms with Crippen LogP contribution in [0, 0.1) is 24.6 Å². The van der Waals surface area contributed by atoms with Gasteiger partial charge in [0.25, 0.3) is 0 Å². The molecule has 1 aromatic carbocycles. The Bertz CT molecular complexity index is 953. The summed E-state index contributed by atoms with van der Waals surface area (Å²) in [5.41, 5.74) is 1.42. The van der Waals surface area contributed by atoms with E-state index in [-0.39, 0.29) is 12.2 Å². The first-order chi connectivity index (χ1) is 14.3. The third-order valence-corrected chi connectivity index (χ3v) is 6.37. The van der Waals surface area contributed by atoms with Crippen LogP contribution in [0.25, 0.3) is 11.1 Å². The van der Waals surface area contributed by atoms with Gasteiger partial charge in [-0.3, -0.25) is 9.59 Å². The van der Waals surface area contributed by atoms with E-state index in [1.807, 2.05) is 6.92 Å². The number of ether oxygens (including phenoxy) is 1. The summed E-state index contributed by atoms with van der Waals surface area (Å²) in [6, 6.07) is 5.75. The number of carboxylic acids is 1. The van der Waals surface area contributed by atoms with Gasteiger partial charge in [-0.2, -0.15) is 0 Å². The van der Waals surface area contributed by atoms with Gasteiger partial charge in [-0.1, -0.05) is 25.0 Å². The van der Waals surface area contributed by atoms with Crippen LogP contribution < -0.4 is 5.32 Å². The van der Waals surface area contributed by atoms with E-state index in [9.17, 15) is 23.9 Å². The van der Waals surface area contributed by atoms with Gasteiger partial charge in [-0.05, 0) is 44.4 Å². The lowest BCUT2D eigenvalue weighted by molar-refractivity contribution is -0.147. The number of benzene rings is 1. The molecule has 0 spiro atoms. The third kappa shape index (κ3) is 4.53. The van der Waals surface area contributed by atoms with Gasteiger partial charge >= 0.3 is 11.9 Å². The van der Waals surface area contributed by atoms with Crippen molar-refractivity contribution in [3.05, 3.63) is 40.5 Å². The smallest absolute Gasteiger partial charge is 0.341 e. The molecule has 0 saturated heterocycles. The summed E-state index contributed by atoms with van der Waals surface area (Å²) in [6.07, 6.45) is 2.52. The molecule has 6 nitrogen and oxygen atoms in total. The number of carboxylic acid groups (broad SMARTS) is 1. The van der Waals surface area contributed by atoms with Gasteiger partial charge in [0, 0.05) is 10.4 Å². The van der Waals surface area contributed by atoms with Gasteiger partial charge in [-0.25, -0.2) is 9.18 Å². The number of esters is 1. The molecule has 30 heavy (non-hydrogen) atoms. The maximum Gasteiger partial charge on any atom is 0.341 e. The number of amides is 1. The first-order valence-electron chi connectivity index (χ1n) is 9.93. The Morgan fingerprint density at radius 1 is 1.17 bits per heavy atom. The number of thiophene rings is 1. The lowest BCUT2D eigenvalue weighted by Gasteiger charge is -2.27. The van der Waals surface area contributed by atoms with E-state index in [1.54, 1.807) is 19.1 Å². The maximum atomic E-state index is 13.4. The average Bonchev–Trinajstić information content (AvgIpc) is 3.04. The monoisotopic (exact) mass is 433 g/mol. The van der Waals surface area contributed by atoms with E-state index < -0.39 is 35.5 Å². The van der Waals surface area contributed by atoms with E-state index >= 15 is 0 Å². The van der Waals surface area contributed by atoms with Crippen LogP contribution >= 0.6 is 11.3 Å². The highest BCUT2D eigenvalue weighted by atomic mass is 32.1. The SMILES string of the molecule is CCOC(=O)c1c(NC(=O)C2CCCCC2C(=O)O)sc(C)c1-c1ccc(F)cc1. The van der Waals surface area contributed by atoms with Crippen LogP contribution in [0.1, 0.15) is 47.8 Å². The van der Waals surface area contributed by atoms with Crippen molar-refractivity contribution in [2.45, 2.75) is 39.5 Å². The molecule has 1 fully saturated rings. The molecule has 3 rings (SSSR count). The first-order valence-corrected chi connectivity index (χ1v) is 10.7. The number of hydrogen-bond acceptors (Lipinski definition) is 5. The van der Waals surface area contributed by atoms with Crippen LogP contribution in [-0.4, -0.2) is 29.6 Å². The minimum Gasteiger partial charge on any atom is -0.481 e. The van der Waals surface area contributed by atoms with Crippen molar-refractivity contribution < 1.29 is 28.6 Å². The Balaban J connectivity index is 1.99. The number of nitrogens with one attached hydrogen (secondary N) is 1. The zero-order chi connectivity index (χ0) is 21.8. The molecule has 2 N–H and O–H groups in total. The second kappa shape index (κ2) is 9.38. The van der Waals surface area contributed by atoms with Crippen molar-refractivity contribution in [2.75, 3.05) is 11.9 Å². The van der Waals surface area contributed by atoms with Crippen molar-refractivity contribution in [1.29, 1.82) is 0 Å². The topological polar surface area (TPSA) is 92.7 Å². The lowest BCUT2D eigenvalue weighted by atomic mass is 9.78. The highest BCUT2D eigenvalue weighted by Gasteiger charge is 2.37. The van der Waals surface area contributed by atoms with Crippen molar-refractivity contribution in [2.24, 2.45) is 11.8 Å². The number of hydrogen-bond donors (Lipinski definition) is 2. The number of carbonyl (C=O) groups is 3. The van der Waals surface area contributed by atoms with Gasteiger partial charge < -0.3 is 15.2 Å². The number of halogens is 1. The third-order valence-electron chi connectivity index (χ3n) is 5.35. The fourth-order valence-electron chi connectivity index (χ4n) is 3.94. The Labute approximate surface area is 178 Å². The number of anilines is 1. The number of rotatable bonds is 6. The second-order valence-electron chi connectivity index (χ2n) is 7.29. The Hall–Kier alpha value is -2.74. The maximum absolute atomic E-state index is 13.4. The summed E-state index contributed by atoms with van der Waals surface area (Å²) < 4.78 is 18.6. The summed E-state index contributed by atoms with van der Waals surface area (Å²) in [7, 11) is 0. The Morgan fingerprint density at radius 2 is 1.80 bits per heavy atom. The van der Waals surface area contributed by atoms with Gasteiger partial charge in [0.05, 0.1) is 18.4 Å². The molecule has 1 saturated carbocycles. The summed E-state index contributed by atoms with van der Waals surface area (Å²) in [5, 5.41) is 12.6. The van der Waals surface area contributed by atoms with E-state index in [1.165, 1.54) is 23.5 Å². The summed E-state index contributed by atoms with van der Waals surface area (Å²) in [4.78, 5) is 38.0. The van der Waals surface area contributed by atoms with Gasteiger partial charge in [0.15, 0.2) is 0 Å². The molecule has 1 aromatic heterocycles. The largest absolute Gasteiger partial charge is 0.481 e. The average molecular weight is 434 g/mol. The molecule has 2 atom stereocenters. The van der Waals surface area contributed by atoms with E-state index in [0.717, 1.165) is 17.7 Å². The molecule has 0 aliphatic heterocycles. The predicted molar refractivity (Wildman–Crippen MR) is 112 cm³/mol. The summed E-state index contributed by atoms with van der Waals surface area (Å²) >= 11 is 1.22. The summed E-state index contributed by atoms with van der Waals surface area (Å²) in [6.45, 7) is 3.66. The van der Waals surface area contributed by atoms with Gasteiger partial charge in [-0.15, -0.1) is 11.3 Å². The molecule has 1 heterocycles. The van der Waals surface area contributed by atoms with Crippen molar-refractivity contribution >= 4 is 34.2 Å². The quantitative estimate of drug-likeness (QED) is 0.634. The fraction of sp³-hybridized carbons (Fsp3) is 0.409. The lowest BCUT2D eigenvalue weighted by Crippen LogP contribution is -2.36. The van der Waals surface area contributed by atoms with Crippen molar-refractivity contribution in [3.8, 4) is 11.1 Å². The zero-order valence-corrected chi connectivity index (χ0v) is 17.7. The zero-order valence-electron chi connectivity index (χ0n) is 16.9. The Kier molecular flexibility index (Phi) is 6.87. The molecule has 1 aliphatic rings. The highest BCUT2D eigenvalue weighted by molar-refractivity contribution is 7.17. The molecule has 0 bridgehead atoms. The number of aryl methyl sites for hydroxylation is 1. The molecule has 2 aromatic rings. The second-order valence-corrected chi connectivity index (χ2v) is 8.51. The van der Waals surface area contributed by atoms with Crippen LogP contribution in [0.5, 0.6) is 0 Å². The first kappa shape index (κ1) is 22.0. The van der Waals surface area contributed by atoms with Crippen LogP contribution in [0.4, 0.5) is 9.39 Å². The van der Waals surface area contributed by atoms with E-state index in [0.29, 0.717) is 29.0 Å². The van der Waals surface area contributed by atoms with E-state index in [2.05, 4.69) is 5.32 Å². The molecule has 2 unspecified atom stereocenters. The highest BCUT2D eigenvalue weighted by Crippen LogP contribution is 2.41. The van der Waals surface area contributed by atoms with Crippen LogP contribution in [0.2, 0.25) is 0 Å². The minimum absolute atomic E-state index is 0.160. The molecule has 8 heteroatoms. The molecule has 1 amide bonds. The minimum atomic E-state index is -0.977. The number of carbonyl (C=O) groups excluding carboxylic acids is 2. The van der Waals surface area contributed by atoms with E-state index in [4.69, 9.17) is 4.74 Å². The normalized spacial score (nSPS) is 18.6. The fourth-order valence-corrected chi connectivity index (χ4v) is 5.01. The van der Waals surface area contributed by atoms with Crippen LogP contribution in [0.15, 0.2) is 24.3 Å². The standard InChI is InChI=1S/C22H24FNO5S/c1-3-29-22(28)18-17(13-8-10-14(23)11-9-13)12(2)30-20(18)24-19(25)15-6-4-5-7-16(15)21(26)27/h8-11,15-16H,3-7H2,1-2H3,(H,24,25)(H,26,27). The van der Waals surface area contributed by atoms with Crippen molar-refractivity contribution in [1.82, 2.24) is 0 Å². The number of aliphatic carboxylic acids is 1. The molecular formula is C22H24FNO5S. The predicted octanol–water partition coefficient (Wildman–Crippen LogP) is 4.87. The Morgan fingerprint density at radius 3 is 2.40 bits per heavy atom. The molecular weight excluding hydrogens is 409 g/mol. The summed E-state index contributed by atoms with van der Waals surface area (Å²) in [5.74, 6) is -3.75. The van der Waals surface area contributed by atoms with Crippen LogP contribution in [0.3, 0.4) is 0 Å².